The van der Waals surface area contributed by atoms with Gasteiger partial charge in [0, 0.05) is 43.8 Å². The van der Waals surface area contributed by atoms with Crippen molar-refractivity contribution in [1.29, 1.82) is 0 Å². The highest BCUT2D eigenvalue weighted by molar-refractivity contribution is 7.90. The third-order valence-corrected chi connectivity index (χ3v) is 6.92. The minimum atomic E-state index is -3.60. The van der Waals surface area contributed by atoms with E-state index < -0.39 is 10.0 Å². The Labute approximate surface area is 160 Å². The van der Waals surface area contributed by atoms with Crippen LogP contribution in [0.2, 0.25) is 0 Å². The van der Waals surface area contributed by atoms with E-state index in [-0.39, 0.29) is 0 Å². The summed E-state index contributed by atoms with van der Waals surface area (Å²) >= 11 is 0. The first-order valence-electron chi connectivity index (χ1n) is 9.32. The van der Waals surface area contributed by atoms with E-state index in [0.717, 1.165) is 42.6 Å². The standard InChI is InChI=1S/C21H25N3O2S/c1-16-6-8-19(9-7-16)27(25,26)24-12-10-20-18(4-3-5-21(20)24)15-23-13-11-22-17(2)14-23/h3-10,12,17,22H,11,13-15H2,1-2H3. The van der Waals surface area contributed by atoms with Gasteiger partial charge in [-0.2, -0.15) is 0 Å². The van der Waals surface area contributed by atoms with Crippen LogP contribution >= 0.6 is 0 Å². The van der Waals surface area contributed by atoms with Crippen molar-refractivity contribution in [3.8, 4) is 0 Å². The van der Waals surface area contributed by atoms with Gasteiger partial charge in [0.2, 0.25) is 0 Å². The quantitative estimate of drug-likeness (QED) is 0.753. The van der Waals surface area contributed by atoms with Gasteiger partial charge >= 0.3 is 0 Å². The van der Waals surface area contributed by atoms with E-state index in [2.05, 4.69) is 23.2 Å². The van der Waals surface area contributed by atoms with Crippen molar-refractivity contribution in [2.75, 3.05) is 19.6 Å². The SMILES string of the molecule is Cc1ccc(S(=O)(=O)n2ccc3c(CN4CCNC(C)C4)cccc32)cc1. The largest absolute Gasteiger partial charge is 0.312 e. The summed E-state index contributed by atoms with van der Waals surface area (Å²) in [5, 5.41) is 4.46. The van der Waals surface area contributed by atoms with E-state index in [0.29, 0.717) is 10.9 Å². The monoisotopic (exact) mass is 383 g/mol. The number of nitrogens with one attached hydrogen (secondary N) is 1. The molecule has 2 heterocycles. The lowest BCUT2D eigenvalue weighted by molar-refractivity contribution is 0.200. The van der Waals surface area contributed by atoms with E-state index in [1.165, 1.54) is 9.54 Å². The van der Waals surface area contributed by atoms with E-state index in [4.69, 9.17) is 0 Å². The van der Waals surface area contributed by atoms with Crippen LogP contribution in [0.15, 0.2) is 59.6 Å². The molecule has 0 saturated carbocycles. The van der Waals surface area contributed by atoms with Crippen LogP contribution < -0.4 is 5.32 Å². The van der Waals surface area contributed by atoms with Crippen molar-refractivity contribution in [1.82, 2.24) is 14.2 Å². The van der Waals surface area contributed by atoms with Crippen LogP contribution in [-0.2, 0) is 16.6 Å². The van der Waals surface area contributed by atoms with Gasteiger partial charge in [0.15, 0.2) is 0 Å². The molecule has 1 fully saturated rings. The van der Waals surface area contributed by atoms with Crippen LogP contribution in [0.3, 0.4) is 0 Å². The van der Waals surface area contributed by atoms with Gasteiger partial charge in [-0.25, -0.2) is 12.4 Å². The highest BCUT2D eigenvalue weighted by Crippen LogP contribution is 2.26. The summed E-state index contributed by atoms with van der Waals surface area (Å²) in [6, 6.07) is 15.3. The average molecular weight is 384 g/mol. The lowest BCUT2D eigenvalue weighted by Crippen LogP contribution is -2.48. The molecule has 0 amide bonds. The van der Waals surface area contributed by atoms with Crippen LogP contribution in [-0.4, -0.2) is 43.0 Å². The number of hydrogen-bond acceptors (Lipinski definition) is 4. The van der Waals surface area contributed by atoms with Crippen LogP contribution in [0.25, 0.3) is 10.9 Å². The third-order valence-electron chi connectivity index (χ3n) is 5.21. The third kappa shape index (κ3) is 3.52. The molecule has 0 aliphatic carbocycles. The Bertz CT molecular complexity index is 1050. The molecule has 142 valence electrons. The Kier molecular flexibility index (Phi) is 4.80. The summed E-state index contributed by atoms with van der Waals surface area (Å²) in [5.41, 5.74) is 2.94. The molecule has 1 unspecified atom stereocenters. The maximum absolute atomic E-state index is 13.1. The lowest BCUT2D eigenvalue weighted by Gasteiger charge is -2.32. The van der Waals surface area contributed by atoms with Gasteiger partial charge in [-0.15, -0.1) is 0 Å². The van der Waals surface area contributed by atoms with Crippen molar-refractivity contribution in [2.24, 2.45) is 0 Å². The molecule has 5 nitrogen and oxygen atoms in total. The molecule has 3 aromatic rings. The molecule has 1 atom stereocenters. The second kappa shape index (κ2) is 7.11. The van der Waals surface area contributed by atoms with Crippen molar-refractivity contribution in [3.05, 3.63) is 65.9 Å². The molecule has 6 heteroatoms. The van der Waals surface area contributed by atoms with Gasteiger partial charge in [0.05, 0.1) is 10.4 Å². The summed E-state index contributed by atoms with van der Waals surface area (Å²) < 4.78 is 27.6. The molecule has 0 bridgehead atoms. The number of aromatic nitrogens is 1. The van der Waals surface area contributed by atoms with E-state index in [9.17, 15) is 8.42 Å². The fraction of sp³-hybridized carbons (Fsp3) is 0.333. The van der Waals surface area contributed by atoms with Crippen LogP contribution in [0.1, 0.15) is 18.1 Å². The zero-order valence-electron chi connectivity index (χ0n) is 15.7. The lowest BCUT2D eigenvalue weighted by atomic mass is 10.1. The van der Waals surface area contributed by atoms with Gasteiger partial charge in [0.1, 0.15) is 0 Å². The number of benzene rings is 2. The molecule has 1 aliphatic rings. The van der Waals surface area contributed by atoms with Gasteiger partial charge in [-0.1, -0.05) is 29.8 Å². The second-order valence-corrected chi connectivity index (χ2v) is 9.18. The molecule has 0 radical (unpaired) electrons. The fourth-order valence-corrected chi connectivity index (χ4v) is 5.12. The minimum absolute atomic E-state index is 0.312. The summed E-state index contributed by atoms with van der Waals surface area (Å²) in [7, 11) is -3.60. The Morgan fingerprint density at radius 3 is 2.63 bits per heavy atom. The number of rotatable bonds is 4. The summed E-state index contributed by atoms with van der Waals surface area (Å²) in [6.07, 6.45) is 1.67. The molecule has 27 heavy (non-hydrogen) atoms. The Hall–Kier alpha value is -2.15. The predicted octanol–water partition coefficient (Wildman–Crippen LogP) is 2.98. The first kappa shape index (κ1) is 18.2. The van der Waals surface area contributed by atoms with Crippen molar-refractivity contribution in [2.45, 2.75) is 31.3 Å². The van der Waals surface area contributed by atoms with Crippen LogP contribution in [0, 0.1) is 6.92 Å². The Morgan fingerprint density at radius 1 is 1.11 bits per heavy atom. The maximum atomic E-state index is 13.1. The van der Waals surface area contributed by atoms with Crippen molar-refractivity contribution >= 4 is 20.9 Å². The van der Waals surface area contributed by atoms with Crippen LogP contribution in [0.5, 0.6) is 0 Å². The zero-order valence-corrected chi connectivity index (χ0v) is 16.5. The second-order valence-electron chi connectivity index (χ2n) is 7.37. The number of aryl methyl sites for hydroxylation is 1. The van der Waals surface area contributed by atoms with Crippen molar-refractivity contribution < 1.29 is 8.42 Å². The molecule has 1 saturated heterocycles. The molecule has 1 aromatic heterocycles. The number of piperazine rings is 1. The van der Waals surface area contributed by atoms with Crippen molar-refractivity contribution in [3.63, 3.8) is 0 Å². The highest BCUT2D eigenvalue weighted by atomic mass is 32.2. The smallest absolute Gasteiger partial charge is 0.268 e. The normalized spacial score (nSPS) is 18.8. The molecule has 1 N–H and O–H groups in total. The van der Waals surface area contributed by atoms with Gasteiger partial charge in [0.25, 0.3) is 10.0 Å². The molecular weight excluding hydrogens is 358 g/mol. The number of hydrogen-bond donors (Lipinski definition) is 1. The number of nitrogens with zero attached hydrogens (tertiary/aromatic N) is 2. The van der Waals surface area contributed by atoms with E-state index in [1.807, 2.05) is 37.3 Å². The van der Waals surface area contributed by atoms with Gasteiger partial charge in [-0.3, -0.25) is 4.90 Å². The summed E-state index contributed by atoms with van der Waals surface area (Å²) in [4.78, 5) is 2.73. The van der Waals surface area contributed by atoms with Gasteiger partial charge < -0.3 is 5.32 Å². The minimum Gasteiger partial charge on any atom is -0.312 e. The average Bonchev–Trinajstić information content (AvgIpc) is 3.08. The maximum Gasteiger partial charge on any atom is 0.268 e. The number of fused-ring (bicyclic) bond motifs is 1. The summed E-state index contributed by atoms with van der Waals surface area (Å²) in [6.45, 7) is 7.96. The molecule has 1 aliphatic heterocycles. The molecule has 2 aromatic carbocycles. The topological polar surface area (TPSA) is 54.3 Å². The first-order valence-corrected chi connectivity index (χ1v) is 10.8. The molecular formula is C21H25N3O2S. The fourth-order valence-electron chi connectivity index (χ4n) is 3.77. The summed E-state index contributed by atoms with van der Waals surface area (Å²) in [5.74, 6) is 0. The highest BCUT2D eigenvalue weighted by Gasteiger charge is 2.21. The van der Waals surface area contributed by atoms with E-state index >= 15 is 0 Å². The van der Waals surface area contributed by atoms with Crippen LogP contribution in [0.4, 0.5) is 0 Å². The molecule has 4 rings (SSSR count). The predicted molar refractivity (Wildman–Crippen MR) is 108 cm³/mol. The van der Waals surface area contributed by atoms with E-state index in [1.54, 1.807) is 18.3 Å². The Balaban J connectivity index is 1.71. The first-order chi connectivity index (χ1) is 12.9. The Morgan fingerprint density at radius 2 is 1.89 bits per heavy atom. The molecule has 0 spiro atoms. The zero-order chi connectivity index (χ0) is 19.0. The van der Waals surface area contributed by atoms with Gasteiger partial charge in [-0.05, 0) is 43.7 Å².